The summed E-state index contributed by atoms with van der Waals surface area (Å²) in [7, 11) is 0. The second-order valence-electron chi connectivity index (χ2n) is 9.21. The molecular weight excluding hydrogens is 420 g/mol. The van der Waals surface area contributed by atoms with Crippen LogP contribution in [0.15, 0.2) is 41.2 Å². The summed E-state index contributed by atoms with van der Waals surface area (Å²) in [6.45, 7) is 0.555. The van der Waals surface area contributed by atoms with Gasteiger partial charge in [0.1, 0.15) is 6.54 Å². The van der Waals surface area contributed by atoms with Crippen molar-refractivity contribution in [2.24, 2.45) is 0 Å². The highest BCUT2D eigenvalue weighted by Crippen LogP contribution is 2.41. The largest absolute Gasteiger partial charge is 0.472 e. The number of furan rings is 1. The van der Waals surface area contributed by atoms with Gasteiger partial charge < -0.3 is 20.0 Å². The number of nitrogens with one attached hydrogen (secondary N) is 2. The molecule has 0 spiro atoms. The molecule has 5 rings (SSSR count). The van der Waals surface area contributed by atoms with E-state index in [2.05, 4.69) is 10.6 Å². The molecule has 0 radical (unpaired) electrons. The molecule has 3 amide bonds. The van der Waals surface area contributed by atoms with Crippen LogP contribution in [-0.2, 0) is 16.1 Å². The Morgan fingerprint density at radius 3 is 2.58 bits per heavy atom. The molecule has 0 bridgehead atoms. The fourth-order valence-electron chi connectivity index (χ4n) is 4.78. The summed E-state index contributed by atoms with van der Waals surface area (Å²) in [5.74, 6) is -0.434. The number of benzene rings is 1. The van der Waals surface area contributed by atoms with Crippen molar-refractivity contribution in [3.8, 4) is 0 Å². The van der Waals surface area contributed by atoms with Gasteiger partial charge in [-0.2, -0.15) is 0 Å². The molecule has 2 heterocycles. The third-order valence-corrected chi connectivity index (χ3v) is 6.74. The van der Waals surface area contributed by atoms with Crippen molar-refractivity contribution in [2.75, 3.05) is 22.9 Å². The third kappa shape index (κ3) is 4.80. The van der Waals surface area contributed by atoms with E-state index in [4.69, 9.17) is 4.42 Å². The molecule has 8 nitrogen and oxygen atoms in total. The van der Waals surface area contributed by atoms with Crippen molar-refractivity contribution in [1.29, 1.82) is 0 Å². The van der Waals surface area contributed by atoms with Crippen LogP contribution < -0.4 is 20.4 Å². The Hall–Kier alpha value is -3.13. The zero-order chi connectivity index (χ0) is 22.8. The van der Waals surface area contributed by atoms with Crippen molar-refractivity contribution < 1.29 is 18.8 Å². The van der Waals surface area contributed by atoms with Crippen molar-refractivity contribution >= 4 is 29.1 Å². The molecule has 33 heavy (non-hydrogen) atoms. The number of amides is 3. The fraction of sp³-hybridized carbons (Fsp3) is 0.480. The Bertz CT molecular complexity index is 1030. The molecule has 0 atom stereocenters. The van der Waals surface area contributed by atoms with Gasteiger partial charge in [-0.1, -0.05) is 19.3 Å². The lowest BCUT2D eigenvalue weighted by Crippen LogP contribution is -2.51. The number of carbonyl (C=O) groups excluding carboxylic acids is 3. The third-order valence-electron chi connectivity index (χ3n) is 6.74. The first kappa shape index (κ1) is 21.7. The first-order valence-electron chi connectivity index (χ1n) is 11.9. The molecule has 3 aliphatic rings. The SMILES string of the molecule is O=C(NCc1ccoc1)c1ccc2c(c1)N(C(=O)CNC1CCCCC1)CC(=O)N2C1CC1. The maximum absolute atomic E-state index is 13.2. The summed E-state index contributed by atoms with van der Waals surface area (Å²) in [5.41, 5.74) is 2.68. The molecule has 1 aliphatic heterocycles. The van der Waals surface area contributed by atoms with E-state index < -0.39 is 0 Å². The number of hydrogen-bond acceptors (Lipinski definition) is 5. The van der Waals surface area contributed by atoms with E-state index in [1.807, 2.05) is 0 Å². The average molecular weight is 451 g/mol. The quantitative estimate of drug-likeness (QED) is 0.676. The monoisotopic (exact) mass is 450 g/mol. The molecule has 0 saturated heterocycles. The van der Waals surface area contributed by atoms with Crippen molar-refractivity contribution in [3.63, 3.8) is 0 Å². The van der Waals surface area contributed by atoms with Crippen LogP contribution in [0.2, 0.25) is 0 Å². The Balaban J connectivity index is 1.35. The van der Waals surface area contributed by atoms with E-state index in [-0.39, 0.29) is 36.9 Å². The molecule has 174 valence electrons. The smallest absolute Gasteiger partial charge is 0.251 e. The van der Waals surface area contributed by atoms with Gasteiger partial charge in [-0.25, -0.2) is 0 Å². The zero-order valence-electron chi connectivity index (χ0n) is 18.7. The van der Waals surface area contributed by atoms with E-state index in [1.165, 1.54) is 19.3 Å². The van der Waals surface area contributed by atoms with Gasteiger partial charge in [-0.3, -0.25) is 19.3 Å². The van der Waals surface area contributed by atoms with Crippen LogP contribution in [0, 0.1) is 0 Å². The van der Waals surface area contributed by atoms with Gasteiger partial charge in [0.25, 0.3) is 5.91 Å². The van der Waals surface area contributed by atoms with Gasteiger partial charge in [0, 0.05) is 29.8 Å². The van der Waals surface area contributed by atoms with Gasteiger partial charge in [0.05, 0.1) is 30.4 Å². The molecule has 1 aromatic carbocycles. The molecule has 0 unspecified atom stereocenters. The Labute approximate surface area is 193 Å². The van der Waals surface area contributed by atoms with E-state index in [9.17, 15) is 14.4 Å². The van der Waals surface area contributed by atoms with Gasteiger partial charge in [0.2, 0.25) is 11.8 Å². The van der Waals surface area contributed by atoms with Gasteiger partial charge >= 0.3 is 0 Å². The highest BCUT2D eigenvalue weighted by atomic mass is 16.3. The summed E-state index contributed by atoms with van der Waals surface area (Å²) in [6, 6.07) is 7.60. The second-order valence-corrected chi connectivity index (χ2v) is 9.21. The van der Waals surface area contributed by atoms with Crippen LogP contribution in [0.25, 0.3) is 0 Å². The summed E-state index contributed by atoms with van der Waals surface area (Å²) in [5, 5.41) is 6.26. The number of carbonyl (C=O) groups is 3. The van der Waals surface area contributed by atoms with E-state index in [0.717, 1.165) is 31.2 Å². The first-order valence-corrected chi connectivity index (χ1v) is 11.9. The van der Waals surface area contributed by atoms with Crippen molar-refractivity contribution in [2.45, 2.75) is 63.6 Å². The summed E-state index contributed by atoms with van der Waals surface area (Å²) >= 11 is 0. The van der Waals surface area contributed by atoms with Crippen LogP contribution in [-0.4, -0.2) is 42.9 Å². The molecule has 2 saturated carbocycles. The number of nitrogens with zero attached hydrogens (tertiary/aromatic N) is 2. The number of anilines is 2. The molecule has 8 heteroatoms. The predicted molar refractivity (Wildman–Crippen MR) is 124 cm³/mol. The molecule has 2 aromatic rings. The van der Waals surface area contributed by atoms with Crippen LogP contribution in [0.4, 0.5) is 11.4 Å². The predicted octanol–water partition coefficient (Wildman–Crippen LogP) is 2.97. The zero-order valence-corrected chi connectivity index (χ0v) is 18.7. The van der Waals surface area contributed by atoms with Gasteiger partial charge in [-0.05, 0) is 49.9 Å². The van der Waals surface area contributed by atoms with Crippen LogP contribution >= 0.6 is 0 Å². The molecule has 2 aliphatic carbocycles. The lowest BCUT2D eigenvalue weighted by atomic mass is 9.95. The highest BCUT2D eigenvalue weighted by Gasteiger charge is 2.40. The molecular formula is C25H30N4O4. The van der Waals surface area contributed by atoms with Gasteiger partial charge in [0.15, 0.2) is 0 Å². The lowest BCUT2D eigenvalue weighted by Gasteiger charge is -2.37. The number of hydrogen-bond donors (Lipinski definition) is 2. The topological polar surface area (TPSA) is 94.9 Å². The van der Waals surface area contributed by atoms with Crippen LogP contribution in [0.1, 0.15) is 60.9 Å². The van der Waals surface area contributed by atoms with Crippen molar-refractivity contribution in [1.82, 2.24) is 10.6 Å². The standard InChI is InChI=1S/C25H30N4O4/c30-23(14-26-19-4-2-1-3-5-19)28-15-24(31)29(20-7-8-20)21-9-6-18(12-22(21)28)25(32)27-13-17-10-11-33-16-17/h6,9-12,16,19-20,26H,1-5,7-8,13-15H2,(H,27,32). The Morgan fingerprint density at radius 1 is 1.03 bits per heavy atom. The number of fused-ring (bicyclic) bond motifs is 1. The minimum absolute atomic E-state index is 0.00870. The Morgan fingerprint density at radius 2 is 1.85 bits per heavy atom. The molecule has 2 N–H and O–H groups in total. The fourth-order valence-corrected chi connectivity index (χ4v) is 4.78. The molecule has 2 fully saturated rings. The normalized spacial score (nSPS) is 18.8. The second kappa shape index (κ2) is 9.39. The van der Waals surface area contributed by atoms with Crippen LogP contribution in [0.5, 0.6) is 0 Å². The Kier molecular flexibility index (Phi) is 6.17. The minimum atomic E-state index is -0.235. The molecule has 1 aromatic heterocycles. The van der Waals surface area contributed by atoms with Gasteiger partial charge in [-0.15, -0.1) is 0 Å². The summed E-state index contributed by atoms with van der Waals surface area (Å²) < 4.78 is 5.05. The highest BCUT2D eigenvalue weighted by molar-refractivity contribution is 6.13. The van der Waals surface area contributed by atoms with Crippen LogP contribution in [0.3, 0.4) is 0 Å². The van der Waals surface area contributed by atoms with E-state index in [0.29, 0.717) is 29.5 Å². The maximum Gasteiger partial charge on any atom is 0.251 e. The minimum Gasteiger partial charge on any atom is -0.472 e. The number of rotatable bonds is 7. The summed E-state index contributed by atoms with van der Waals surface area (Å²) in [4.78, 5) is 42.3. The maximum atomic E-state index is 13.2. The summed E-state index contributed by atoms with van der Waals surface area (Å²) in [6.07, 6.45) is 10.9. The lowest BCUT2D eigenvalue weighted by molar-refractivity contribution is -0.122. The van der Waals surface area contributed by atoms with E-state index >= 15 is 0 Å². The first-order chi connectivity index (χ1) is 16.1. The van der Waals surface area contributed by atoms with Crippen molar-refractivity contribution in [3.05, 3.63) is 47.9 Å². The average Bonchev–Trinajstić information content (AvgIpc) is 3.54. The van der Waals surface area contributed by atoms with E-state index in [1.54, 1.807) is 46.6 Å².